The Morgan fingerprint density at radius 2 is 1.93 bits per heavy atom. The van der Waals surface area contributed by atoms with E-state index in [1.54, 1.807) is 24.3 Å². The van der Waals surface area contributed by atoms with Crippen molar-refractivity contribution in [2.24, 2.45) is 5.92 Å². The lowest BCUT2D eigenvalue weighted by atomic mass is 10.1. The van der Waals surface area contributed by atoms with Crippen LogP contribution in [0.1, 0.15) is 53.1 Å². The van der Waals surface area contributed by atoms with Crippen molar-refractivity contribution >= 4 is 11.8 Å². The summed E-state index contributed by atoms with van der Waals surface area (Å²) in [5.74, 6) is 1.37. The molecule has 28 heavy (non-hydrogen) atoms. The topological polar surface area (TPSA) is 93.5 Å². The van der Waals surface area contributed by atoms with Crippen LogP contribution in [0.5, 0.6) is 5.75 Å². The first-order valence-corrected chi connectivity index (χ1v) is 9.75. The van der Waals surface area contributed by atoms with Crippen molar-refractivity contribution < 1.29 is 18.8 Å². The normalized spacial score (nSPS) is 14.1. The van der Waals surface area contributed by atoms with Gasteiger partial charge in [-0.2, -0.15) is 0 Å². The zero-order valence-corrected chi connectivity index (χ0v) is 16.4. The second-order valence-electron chi connectivity index (χ2n) is 7.15. The molecule has 1 aromatic heterocycles. The molecule has 0 unspecified atom stereocenters. The maximum atomic E-state index is 12.3. The number of rotatable bonds is 8. The molecule has 2 amide bonds. The molecule has 1 aromatic carbocycles. The van der Waals surface area contributed by atoms with Gasteiger partial charge in [-0.1, -0.05) is 24.1 Å². The average Bonchev–Trinajstić information content (AvgIpc) is 3.34. The molecule has 1 heterocycles. The summed E-state index contributed by atoms with van der Waals surface area (Å²) in [5, 5.41) is 9.63. The predicted octanol–water partition coefficient (Wildman–Crippen LogP) is 2.91. The summed E-state index contributed by atoms with van der Waals surface area (Å²) in [7, 11) is 0. The second-order valence-corrected chi connectivity index (χ2v) is 7.15. The number of ether oxygens (including phenoxy) is 1. The number of nitrogens with one attached hydrogen (secondary N) is 2. The highest BCUT2D eigenvalue weighted by Crippen LogP contribution is 2.24. The Bertz CT molecular complexity index is 805. The first kappa shape index (κ1) is 19.9. The SMILES string of the molecule is Cc1noc(C)c1COc1cccc(C(=O)NCCNC(=O)C2CCCC2)c1. The number of aryl methyl sites for hydroxylation is 2. The Morgan fingerprint density at radius 1 is 1.18 bits per heavy atom. The lowest BCUT2D eigenvalue weighted by Gasteiger charge is -2.11. The van der Waals surface area contributed by atoms with Crippen molar-refractivity contribution in [3.05, 3.63) is 46.8 Å². The summed E-state index contributed by atoms with van der Waals surface area (Å²) in [5.41, 5.74) is 2.22. The molecule has 1 aliphatic rings. The third-order valence-electron chi connectivity index (χ3n) is 5.10. The van der Waals surface area contributed by atoms with Crippen molar-refractivity contribution in [2.45, 2.75) is 46.1 Å². The molecule has 1 fully saturated rings. The van der Waals surface area contributed by atoms with E-state index >= 15 is 0 Å². The van der Waals surface area contributed by atoms with Gasteiger partial charge in [0.25, 0.3) is 5.91 Å². The Kier molecular flexibility index (Phi) is 6.68. The van der Waals surface area contributed by atoms with Gasteiger partial charge >= 0.3 is 0 Å². The molecule has 0 aliphatic heterocycles. The summed E-state index contributed by atoms with van der Waals surface area (Å²) in [4.78, 5) is 24.3. The van der Waals surface area contributed by atoms with E-state index in [4.69, 9.17) is 9.26 Å². The van der Waals surface area contributed by atoms with Gasteiger partial charge < -0.3 is 19.9 Å². The van der Waals surface area contributed by atoms with Crippen LogP contribution in [0.2, 0.25) is 0 Å². The van der Waals surface area contributed by atoms with Gasteiger partial charge in [0.15, 0.2) is 0 Å². The standard InChI is InChI=1S/C21H27N3O4/c1-14-19(15(2)28-24-14)13-27-18-9-5-8-17(12-18)21(26)23-11-10-22-20(25)16-6-3-4-7-16/h5,8-9,12,16H,3-4,6-7,10-11,13H2,1-2H3,(H,22,25)(H,23,26). The molecule has 0 bridgehead atoms. The number of benzene rings is 1. The molecule has 3 rings (SSSR count). The Hall–Kier alpha value is -2.83. The van der Waals surface area contributed by atoms with Crippen molar-refractivity contribution in [2.75, 3.05) is 13.1 Å². The molecule has 2 N–H and O–H groups in total. The third-order valence-corrected chi connectivity index (χ3v) is 5.10. The van der Waals surface area contributed by atoms with Crippen LogP contribution in [-0.4, -0.2) is 30.1 Å². The van der Waals surface area contributed by atoms with Crippen LogP contribution in [0.3, 0.4) is 0 Å². The summed E-state index contributed by atoms with van der Waals surface area (Å²) in [6.07, 6.45) is 4.20. The van der Waals surface area contributed by atoms with E-state index in [-0.39, 0.29) is 17.7 Å². The van der Waals surface area contributed by atoms with E-state index in [1.165, 1.54) is 0 Å². The van der Waals surface area contributed by atoms with Crippen LogP contribution >= 0.6 is 0 Å². The van der Waals surface area contributed by atoms with Gasteiger partial charge in [0.1, 0.15) is 18.1 Å². The van der Waals surface area contributed by atoms with Crippen molar-refractivity contribution in [1.29, 1.82) is 0 Å². The maximum Gasteiger partial charge on any atom is 0.251 e. The fraction of sp³-hybridized carbons (Fsp3) is 0.476. The Balaban J connectivity index is 1.45. The van der Waals surface area contributed by atoms with Crippen LogP contribution in [0.15, 0.2) is 28.8 Å². The van der Waals surface area contributed by atoms with E-state index < -0.39 is 0 Å². The van der Waals surface area contributed by atoms with E-state index in [9.17, 15) is 9.59 Å². The molecule has 7 heteroatoms. The van der Waals surface area contributed by atoms with E-state index in [2.05, 4.69) is 15.8 Å². The van der Waals surface area contributed by atoms with Gasteiger partial charge in [0.2, 0.25) is 5.91 Å². The lowest BCUT2D eigenvalue weighted by molar-refractivity contribution is -0.124. The van der Waals surface area contributed by atoms with Crippen LogP contribution in [0.25, 0.3) is 0 Å². The van der Waals surface area contributed by atoms with Crippen LogP contribution in [0.4, 0.5) is 0 Å². The minimum Gasteiger partial charge on any atom is -0.489 e. The summed E-state index contributed by atoms with van der Waals surface area (Å²) in [6, 6.07) is 7.01. The number of aromatic nitrogens is 1. The fourth-order valence-corrected chi connectivity index (χ4v) is 3.39. The third kappa shape index (κ3) is 5.12. The van der Waals surface area contributed by atoms with Gasteiger partial charge in [0.05, 0.1) is 11.3 Å². The minimum absolute atomic E-state index is 0.0986. The molecule has 2 aromatic rings. The second kappa shape index (κ2) is 9.39. The molecule has 0 atom stereocenters. The van der Waals surface area contributed by atoms with Crippen LogP contribution in [0, 0.1) is 19.8 Å². The average molecular weight is 385 g/mol. The molecule has 1 saturated carbocycles. The zero-order chi connectivity index (χ0) is 19.9. The molecular formula is C21H27N3O4. The molecule has 150 valence electrons. The van der Waals surface area contributed by atoms with Crippen molar-refractivity contribution in [3.8, 4) is 5.75 Å². The summed E-state index contributed by atoms with van der Waals surface area (Å²) in [6.45, 7) is 4.86. The van der Waals surface area contributed by atoms with Crippen LogP contribution < -0.4 is 15.4 Å². The maximum absolute atomic E-state index is 12.3. The number of nitrogens with zero attached hydrogens (tertiary/aromatic N) is 1. The molecular weight excluding hydrogens is 358 g/mol. The van der Waals surface area contributed by atoms with Gasteiger partial charge in [-0.25, -0.2) is 0 Å². The monoisotopic (exact) mass is 385 g/mol. The van der Waals surface area contributed by atoms with Gasteiger partial charge in [-0.3, -0.25) is 9.59 Å². The predicted molar refractivity (Wildman–Crippen MR) is 104 cm³/mol. The smallest absolute Gasteiger partial charge is 0.251 e. The molecule has 0 spiro atoms. The van der Waals surface area contributed by atoms with Crippen molar-refractivity contribution in [1.82, 2.24) is 15.8 Å². The highest BCUT2D eigenvalue weighted by Gasteiger charge is 2.22. The molecule has 7 nitrogen and oxygen atoms in total. The van der Waals surface area contributed by atoms with Crippen molar-refractivity contribution in [3.63, 3.8) is 0 Å². The fourth-order valence-electron chi connectivity index (χ4n) is 3.39. The number of amides is 2. The number of carbonyl (C=O) groups excluding carboxylic acids is 2. The Labute approximate surface area is 164 Å². The van der Waals surface area contributed by atoms with Gasteiger partial charge in [0, 0.05) is 24.6 Å². The minimum atomic E-state index is -0.196. The zero-order valence-electron chi connectivity index (χ0n) is 16.4. The van der Waals surface area contributed by atoms with E-state index in [0.29, 0.717) is 31.0 Å². The summed E-state index contributed by atoms with van der Waals surface area (Å²) < 4.78 is 10.9. The molecule has 0 saturated heterocycles. The molecule has 1 aliphatic carbocycles. The summed E-state index contributed by atoms with van der Waals surface area (Å²) >= 11 is 0. The lowest BCUT2D eigenvalue weighted by Crippen LogP contribution is -2.37. The number of carbonyl (C=O) groups is 2. The highest BCUT2D eigenvalue weighted by atomic mass is 16.5. The Morgan fingerprint density at radius 3 is 2.64 bits per heavy atom. The van der Waals surface area contributed by atoms with E-state index in [1.807, 2.05) is 13.8 Å². The molecule has 0 radical (unpaired) electrons. The largest absolute Gasteiger partial charge is 0.489 e. The van der Waals surface area contributed by atoms with E-state index in [0.717, 1.165) is 42.7 Å². The first-order chi connectivity index (χ1) is 13.5. The number of hydrogen-bond acceptors (Lipinski definition) is 5. The van der Waals surface area contributed by atoms with Gasteiger partial charge in [-0.05, 0) is 44.9 Å². The number of hydrogen-bond donors (Lipinski definition) is 2. The quantitative estimate of drug-likeness (QED) is 0.682. The first-order valence-electron chi connectivity index (χ1n) is 9.75. The highest BCUT2D eigenvalue weighted by molar-refractivity contribution is 5.94. The van der Waals surface area contributed by atoms with Crippen LogP contribution in [-0.2, 0) is 11.4 Å². The van der Waals surface area contributed by atoms with Gasteiger partial charge in [-0.15, -0.1) is 0 Å².